The molecule has 21 heavy (non-hydrogen) atoms. The number of hydrogen-bond donors (Lipinski definition) is 0. The molecule has 3 rings (SSSR count). The molecule has 2 aliphatic heterocycles. The molecule has 4 unspecified atom stereocenters. The van der Waals surface area contributed by atoms with Crippen molar-refractivity contribution in [3.05, 3.63) is 35.9 Å². The Kier molecular flexibility index (Phi) is 4.77. The zero-order valence-electron chi connectivity index (χ0n) is 13.1. The van der Waals surface area contributed by atoms with Crippen LogP contribution < -0.4 is 0 Å². The van der Waals surface area contributed by atoms with Crippen molar-refractivity contribution in [1.82, 2.24) is 9.80 Å². The summed E-state index contributed by atoms with van der Waals surface area (Å²) in [6.45, 7) is 6.54. The van der Waals surface area contributed by atoms with Crippen molar-refractivity contribution in [2.45, 2.75) is 37.1 Å². The third-order valence-corrected chi connectivity index (χ3v) is 6.32. The fraction of sp³-hybridized carbons (Fsp3) is 0.647. The summed E-state index contributed by atoms with van der Waals surface area (Å²) in [6, 6.07) is 12.0. The minimum atomic E-state index is -0.745. The van der Waals surface area contributed by atoms with E-state index in [4.69, 9.17) is 0 Å². The monoisotopic (exact) mass is 306 g/mol. The van der Waals surface area contributed by atoms with Gasteiger partial charge in [0.25, 0.3) is 0 Å². The van der Waals surface area contributed by atoms with Gasteiger partial charge in [-0.25, -0.2) is 0 Å². The van der Waals surface area contributed by atoms with Gasteiger partial charge >= 0.3 is 0 Å². The molecule has 3 nitrogen and oxygen atoms in total. The minimum absolute atomic E-state index is 0.240. The highest BCUT2D eigenvalue weighted by atomic mass is 32.2. The molecular weight excluding hydrogens is 280 g/mol. The summed E-state index contributed by atoms with van der Waals surface area (Å²) in [5, 5.41) is 0.240. The Morgan fingerprint density at radius 1 is 1.29 bits per heavy atom. The molecule has 0 radical (unpaired) electrons. The molecule has 2 aliphatic rings. The third-order valence-electron chi connectivity index (χ3n) is 5.04. The van der Waals surface area contributed by atoms with Gasteiger partial charge < -0.3 is 0 Å². The van der Waals surface area contributed by atoms with Crippen LogP contribution in [0.15, 0.2) is 30.3 Å². The lowest BCUT2D eigenvalue weighted by atomic mass is 9.99. The van der Waals surface area contributed by atoms with E-state index in [9.17, 15) is 4.21 Å². The van der Waals surface area contributed by atoms with Crippen molar-refractivity contribution in [2.75, 3.05) is 32.4 Å². The second-order valence-electron chi connectivity index (χ2n) is 6.48. The first kappa shape index (κ1) is 15.2. The smallest absolute Gasteiger partial charge is 0.0476 e. The largest absolute Gasteiger partial charge is 0.297 e. The Morgan fingerprint density at radius 3 is 2.76 bits per heavy atom. The van der Waals surface area contributed by atoms with E-state index < -0.39 is 10.8 Å². The van der Waals surface area contributed by atoms with Gasteiger partial charge in [-0.05, 0) is 31.9 Å². The van der Waals surface area contributed by atoms with Crippen LogP contribution in [-0.2, 0) is 10.8 Å². The molecule has 2 saturated heterocycles. The summed E-state index contributed by atoms with van der Waals surface area (Å²) in [5.74, 6) is 0. The summed E-state index contributed by atoms with van der Waals surface area (Å²) in [7, 11) is -0.745. The van der Waals surface area contributed by atoms with E-state index in [0.717, 1.165) is 19.6 Å². The molecule has 1 aromatic carbocycles. The van der Waals surface area contributed by atoms with Crippen LogP contribution in [0.4, 0.5) is 0 Å². The molecule has 0 N–H and O–H groups in total. The topological polar surface area (TPSA) is 23.6 Å². The van der Waals surface area contributed by atoms with Gasteiger partial charge in [0.05, 0.1) is 0 Å². The van der Waals surface area contributed by atoms with Crippen molar-refractivity contribution in [2.24, 2.45) is 0 Å². The first-order chi connectivity index (χ1) is 10.1. The Labute approximate surface area is 130 Å². The average Bonchev–Trinajstić information content (AvgIpc) is 2.94. The summed E-state index contributed by atoms with van der Waals surface area (Å²) in [6.07, 6.45) is 4.48. The Balaban J connectivity index is 1.80. The zero-order chi connectivity index (χ0) is 14.8. The SMILES string of the molecule is CC(CN1CC2CCCN2CC1c1ccccc1)S(C)=O. The first-order valence-corrected chi connectivity index (χ1v) is 9.62. The summed E-state index contributed by atoms with van der Waals surface area (Å²) < 4.78 is 11.8. The number of hydrogen-bond acceptors (Lipinski definition) is 3. The molecule has 0 saturated carbocycles. The van der Waals surface area contributed by atoms with E-state index in [-0.39, 0.29) is 5.25 Å². The quantitative estimate of drug-likeness (QED) is 0.852. The minimum Gasteiger partial charge on any atom is -0.297 e. The molecule has 116 valence electrons. The third kappa shape index (κ3) is 3.38. The normalized spacial score (nSPS) is 30.0. The van der Waals surface area contributed by atoms with Gasteiger partial charge in [0.2, 0.25) is 0 Å². The fourth-order valence-electron chi connectivity index (χ4n) is 3.71. The average molecular weight is 306 g/mol. The van der Waals surface area contributed by atoms with Crippen molar-refractivity contribution in [3.8, 4) is 0 Å². The van der Waals surface area contributed by atoms with Crippen LogP contribution in [0, 0.1) is 0 Å². The maximum atomic E-state index is 11.8. The second kappa shape index (κ2) is 6.59. The standard InChI is InChI=1S/C17H26N2OS/c1-14(21(2)20)11-19-12-16-9-6-10-18(16)13-17(19)15-7-4-3-5-8-15/h3-5,7-8,14,16-17H,6,9-13H2,1-2H3. The van der Waals surface area contributed by atoms with Crippen LogP contribution >= 0.6 is 0 Å². The van der Waals surface area contributed by atoms with E-state index in [1.165, 1.54) is 24.9 Å². The lowest BCUT2D eigenvalue weighted by molar-refractivity contribution is 0.0514. The molecule has 0 aromatic heterocycles. The lowest BCUT2D eigenvalue weighted by Gasteiger charge is -2.44. The molecule has 0 aliphatic carbocycles. The number of fused-ring (bicyclic) bond motifs is 1. The zero-order valence-corrected chi connectivity index (χ0v) is 13.9. The van der Waals surface area contributed by atoms with Gasteiger partial charge in [0.1, 0.15) is 0 Å². The van der Waals surface area contributed by atoms with Crippen molar-refractivity contribution < 1.29 is 4.21 Å². The van der Waals surface area contributed by atoms with Gasteiger partial charge in [-0.2, -0.15) is 0 Å². The van der Waals surface area contributed by atoms with E-state index in [2.05, 4.69) is 47.1 Å². The lowest BCUT2D eigenvalue weighted by Crippen LogP contribution is -2.53. The Morgan fingerprint density at radius 2 is 2.05 bits per heavy atom. The maximum absolute atomic E-state index is 11.8. The molecule has 4 heteroatoms. The molecule has 2 fully saturated rings. The van der Waals surface area contributed by atoms with E-state index in [0.29, 0.717) is 12.1 Å². The van der Waals surface area contributed by atoms with Gasteiger partial charge in [-0.15, -0.1) is 0 Å². The summed E-state index contributed by atoms with van der Waals surface area (Å²) >= 11 is 0. The molecule has 0 bridgehead atoms. The van der Waals surface area contributed by atoms with E-state index >= 15 is 0 Å². The van der Waals surface area contributed by atoms with Crippen LogP contribution in [0.25, 0.3) is 0 Å². The van der Waals surface area contributed by atoms with E-state index in [1.54, 1.807) is 0 Å². The highest BCUT2D eigenvalue weighted by Gasteiger charge is 2.37. The first-order valence-electron chi connectivity index (χ1n) is 8.00. The van der Waals surface area contributed by atoms with Crippen molar-refractivity contribution >= 4 is 10.8 Å². The molecule has 2 heterocycles. The van der Waals surface area contributed by atoms with E-state index in [1.807, 2.05) is 6.26 Å². The summed E-state index contributed by atoms with van der Waals surface area (Å²) in [4.78, 5) is 5.23. The molecule has 1 aromatic rings. The number of rotatable bonds is 4. The second-order valence-corrected chi connectivity index (χ2v) is 8.28. The predicted octanol–water partition coefficient (Wildman–Crippen LogP) is 2.27. The van der Waals surface area contributed by atoms with Crippen LogP contribution in [0.3, 0.4) is 0 Å². The predicted molar refractivity (Wildman–Crippen MR) is 88.9 cm³/mol. The van der Waals surface area contributed by atoms with Crippen LogP contribution in [-0.4, -0.2) is 57.7 Å². The van der Waals surface area contributed by atoms with Gasteiger partial charge in [0, 0.05) is 54.0 Å². The number of nitrogens with zero attached hydrogens (tertiary/aromatic N) is 2. The van der Waals surface area contributed by atoms with Crippen LogP contribution in [0.1, 0.15) is 31.4 Å². The number of piperazine rings is 1. The van der Waals surface area contributed by atoms with Gasteiger partial charge in [0.15, 0.2) is 0 Å². The van der Waals surface area contributed by atoms with Gasteiger partial charge in [-0.1, -0.05) is 30.3 Å². The van der Waals surface area contributed by atoms with Crippen molar-refractivity contribution in [3.63, 3.8) is 0 Å². The summed E-state index contributed by atoms with van der Waals surface area (Å²) in [5.41, 5.74) is 1.40. The fourth-order valence-corrected chi connectivity index (χ4v) is 4.11. The molecule has 4 atom stereocenters. The Bertz CT molecular complexity index is 493. The molecule has 0 spiro atoms. The Hall–Kier alpha value is -0.710. The molecule has 0 amide bonds. The van der Waals surface area contributed by atoms with Crippen molar-refractivity contribution in [1.29, 1.82) is 0 Å². The highest BCUT2D eigenvalue weighted by molar-refractivity contribution is 7.84. The number of benzene rings is 1. The molecular formula is C17H26N2OS. The van der Waals surface area contributed by atoms with Gasteiger partial charge in [-0.3, -0.25) is 14.0 Å². The highest BCUT2D eigenvalue weighted by Crippen LogP contribution is 2.32. The van der Waals surface area contributed by atoms with Crippen LogP contribution in [0.2, 0.25) is 0 Å². The van der Waals surface area contributed by atoms with Crippen LogP contribution in [0.5, 0.6) is 0 Å². The maximum Gasteiger partial charge on any atom is 0.0476 e.